The van der Waals surface area contributed by atoms with Gasteiger partial charge in [0, 0.05) is 12.8 Å². The van der Waals surface area contributed by atoms with E-state index < -0.39 is 73.5 Å². The molecule has 4 heterocycles. The Labute approximate surface area is 250 Å². The van der Waals surface area contributed by atoms with Crippen molar-refractivity contribution in [3.63, 3.8) is 0 Å². The van der Waals surface area contributed by atoms with Crippen LogP contribution >= 0.6 is 18.1 Å². The van der Waals surface area contributed by atoms with Gasteiger partial charge in [-0.25, -0.2) is 14.9 Å². The zero-order valence-corrected chi connectivity index (χ0v) is 26.0. The molecule has 2 aliphatic rings. The summed E-state index contributed by atoms with van der Waals surface area (Å²) in [6.45, 7) is 1.49. The van der Waals surface area contributed by atoms with Crippen LogP contribution in [0.5, 0.6) is 5.88 Å². The first-order valence-corrected chi connectivity index (χ1v) is 16.3. The zero-order chi connectivity index (χ0) is 31.9. The van der Waals surface area contributed by atoms with Crippen molar-refractivity contribution in [2.75, 3.05) is 32.3 Å². The maximum absolute atomic E-state index is 14.0. The lowest BCUT2D eigenvalue weighted by Crippen LogP contribution is -2.44. The molecule has 4 rings (SSSR count). The Morgan fingerprint density at radius 3 is 2.65 bits per heavy atom. The van der Waals surface area contributed by atoms with Crippen LogP contribution in [0.25, 0.3) is 11.2 Å². The van der Waals surface area contributed by atoms with Gasteiger partial charge in [0.2, 0.25) is 11.8 Å². The molecule has 0 aliphatic carbocycles. The first kappa shape index (κ1) is 32.8. The Morgan fingerprint density at radius 1 is 1.35 bits per heavy atom. The highest BCUT2D eigenvalue weighted by Crippen LogP contribution is 2.57. The first-order valence-electron chi connectivity index (χ1n) is 13.1. The number of carbonyl (C=O) groups excluding carboxylic acids is 3. The highest BCUT2D eigenvalue weighted by molar-refractivity contribution is 8.56. The summed E-state index contributed by atoms with van der Waals surface area (Å²) >= 11 is 0.677. The highest BCUT2D eigenvalue weighted by Gasteiger charge is 2.54. The molecule has 2 aliphatic heterocycles. The average molecular weight is 647 g/mol. The number of nitrogens with two attached hydrogens (primary N) is 1. The number of urea groups is 1. The minimum Gasteiger partial charge on any atom is -0.479 e. The van der Waals surface area contributed by atoms with Gasteiger partial charge in [-0.3, -0.25) is 23.6 Å². The van der Waals surface area contributed by atoms with Crippen LogP contribution in [-0.2, 0) is 28.2 Å². The van der Waals surface area contributed by atoms with Crippen LogP contribution in [0.4, 0.5) is 10.7 Å². The number of imidazole rings is 1. The van der Waals surface area contributed by atoms with Crippen LogP contribution in [0, 0.1) is 0 Å². The average Bonchev–Trinajstić information content (AvgIpc) is 3.53. The number of methoxy groups -OCH3 is 1. The highest BCUT2D eigenvalue weighted by atomic mass is 32.7. The summed E-state index contributed by atoms with van der Waals surface area (Å²) in [5, 5.41) is 27.4. The Morgan fingerprint density at radius 2 is 2.05 bits per heavy atom. The molecule has 2 aromatic rings. The van der Waals surface area contributed by atoms with E-state index in [2.05, 4.69) is 25.4 Å². The minimum absolute atomic E-state index is 0.0941. The smallest absolute Gasteiger partial charge is 0.327 e. The van der Waals surface area contributed by atoms with Crippen molar-refractivity contribution in [1.82, 2.24) is 34.8 Å². The number of fused-ring (bicyclic) bond motifs is 1. The number of anilines is 1. The number of likely N-dealkylation sites (N-methyl/N-ethyl adjacent to an activating group) is 1. The molecule has 238 valence electrons. The minimum atomic E-state index is -4.05. The van der Waals surface area contributed by atoms with E-state index in [-0.39, 0.29) is 28.7 Å². The molecular weight excluding hydrogens is 611 g/mol. The number of carbonyl (C=O) groups is 3. The molecule has 20 heteroatoms. The van der Waals surface area contributed by atoms with E-state index in [0.717, 1.165) is 4.90 Å². The number of imide groups is 1. The number of aromatic nitrogens is 4. The molecule has 7 atom stereocenters. The lowest BCUT2D eigenvalue weighted by atomic mass is 9.96. The summed E-state index contributed by atoms with van der Waals surface area (Å²) in [6, 6.07) is -2.70. The summed E-state index contributed by atoms with van der Waals surface area (Å²) < 4.78 is 37.4. The molecule has 3 amide bonds. The molecule has 0 saturated carbocycles. The molecule has 0 radical (unpaired) electrons. The van der Waals surface area contributed by atoms with Gasteiger partial charge in [0.25, 0.3) is 5.91 Å². The van der Waals surface area contributed by atoms with E-state index in [1.165, 1.54) is 38.9 Å². The van der Waals surface area contributed by atoms with Gasteiger partial charge in [-0.15, -0.1) is 0 Å². The normalized spacial score (nSPS) is 27.9. The number of nitrogen functional groups attached to an aromatic ring is 1. The van der Waals surface area contributed by atoms with E-state index in [1.54, 1.807) is 13.8 Å². The third-order valence-electron chi connectivity index (χ3n) is 6.72. The SMILES string of the molecule is COc1nc(N)nc2c1ncn2[C@@H]1O[C@H](CO[P@](=O)(N[C@@H](C)C(=O)OC(C)C)SCC2NC(=O)N(C)C2=O)[C@@H](O)[C@@]1(C)O. The molecule has 43 heavy (non-hydrogen) atoms. The number of amides is 3. The van der Waals surface area contributed by atoms with Gasteiger partial charge in [0.15, 0.2) is 17.4 Å². The van der Waals surface area contributed by atoms with Crippen molar-refractivity contribution in [1.29, 1.82) is 0 Å². The molecule has 1 unspecified atom stereocenters. The summed E-state index contributed by atoms with van der Waals surface area (Å²) in [7, 11) is 2.68. The molecule has 18 nitrogen and oxygen atoms in total. The molecular formula is C23H35N8O10PS. The quantitative estimate of drug-likeness (QED) is 0.114. The van der Waals surface area contributed by atoms with Crippen molar-refractivity contribution in [3.05, 3.63) is 6.33 Å². The lowest BCUT2D eigenvalue weighted by Gasteiger charge is -2.27. The van der Waals surface area contributed by atoms with E-state index in [0.29, 0.717) is 11.4 Å². The van der Waals surface area contributed by atoms with Crippen LogP contribution in [0.15, 0.2) is 6.33 Å². The van der Waals surface area contributed by atoms with Gasteiger partial charge in [-0.2, -0.15) is 9.97 Å². The predicted octanol–water partition coefficient (Wildman–Crippen LogP) is -0.236. The molecule has 0 aromatic carbocycles. The fraction of sp³-hybridized carbons (Fsp3) is 0.652. The fourth-order valence-corrected chi connectivity index (χ4v) is 8.29. The molecule has 2 saturated heterocycles. The number of rotatable bonds is 12. The molecule has 0 bridgehead atoms. The van der Waals surface area contributed by atoms with Gasteiger partial charge in [-0.05, 0) is 27.7 Å². The van der Waals surface area contributed by atoms with Crippen LogP contribution in [0.1, 0.15) is 33.9 Å². The van der Waals surface area contributed by atoms with Crippen molar-refractivity contribution in [2.24, 2.45) is 0 Å². The third kappa shape index (κ3) is 6.72. The Hall–Kier alpha value is -3.06. The molecule has 6 N–H and O–H groups in total. The second-order valence-electron chi connectivity index (χ2n) is 10.4. The Balaban J connectivity index is 1.53. The number of nitrogens with one attached hydrogen (secondary N) is 2. The summed E-state index contributed by atoms with van der Waals surface area (Å²) in [5.74, 6) is -1.42. The number of aliphatic hydroxyl groups excluding tert-OH is 1. The number of ether oxygens (including phenoxy) is 3. The van der Waals surface area contributed by atoms with E-state index in [1.807, 2.05) is 0 Å². The van der Waals surface area contributed by atoms with Gasteiger partial charge < -0.3 is 40.0 Å². The number of nitrogens with zero attached hydrogens (tertiary/aromatic N) is 5. The standard InChI is InChI=1S/C23H35N8O10PS/c1-10(2)40-19(34)11(3)29-42(37,43-8-12-18(33)30(5)22(35)26-12)39-7-13-15(32)23(4,36)20(41-13)31-9-25-14-16(31)27-21(24)28-17(14)38-6/h9-13,15,20,32,36H,7-8H2,1-6H3,(H,26,35)(H,29,37)(H2,24,27,28)/t11-,12?,13+,15+,20+,23+,42+/m0/s1. The van der Waals surface area contributed by atoms with Crippen LogP contribution < -0.4 is 20.9 Å². The topological polar surface area (TPSA) is 243 Å². The fourth-order valence-electron chi connectivity index (χ4n) is 4.43. The van der Waals surface area contributed by atoms with Crippen molar-refractivity contribution >= 4 is 53.1 Å². The van der Waals surface area contributed by atoms with Crippen LogP contribution in [0.3, 0.4) is 0 Å². The summed E-state index contributed by atoms with van der Waals surface area (Å²) in [6.07, 6.45) is -3.16. The zero-order valence-electron chi connectivity index (χ0n) is 24.3. The molecule has 0 spiro atoms. The molecule has 2 aromatic heterocycles. The first-order chi connectivity index (χ1) is 20.1. The second kappa shape index (κ2) is 12.5. The maximum atomic E-state index is 14.0. The van der Waals surface area contributed by atoms with E-state index in [4.69, 9.17) is 24.5 Å². The van der Waals surface area contributed by atoms with E-state index >= 15 is 0 Å². The monoisotopic (exact) mass is 646 g/mol. The van der Waals surface area contributed by atoms with Gasteiger partial charge in [0.1, 0.15) is 29.9 Å². The number of aliphatic hydroxyl groups is 2. The van der Waals surface area contributed by atoms with Gasteiger partial charge in [-0.1, -0.05) is 11.4 Å². The summed E-state index contributed by atoms with van der Waals surface area (Å²) in [5.41, 5.74) is 4.27. The lowest BCUT2D eigenvalue weighted by molar-refractivity contribution is -0.149. The van der Waals surface area contributed by atoms with Crippen molar-refractivity contribution in [2.45, 2.75) is 69.9 Å². The summed E-state index contributed by atoms with van der Waals surface area (Å²) in [4.78, 5) is 49.9. The van der Waals surface area contributed by atoms with Crippen LogP contribution in [0.2, 0.25) is 0 Å². The van der Waals surface area contributed by atoms with Gasteiger partial charge >= 0.3 is 18.7 Å². The Kier molecular flexibility index (Phi) is 9.55. The van der Waals surface area contributed by atoms with Crippen molar-refractivity contribution in [3.8, 4) is 5.88 Å². The number of hydrogen-bond acceptors (Lipinski definition) is 15. The van der Waals surface area contributed by atoms with Crippen LogP contribution in [-0.4, -0.2) is 115 Å². The van der Waals surface area contributed by atoms with Gasteiger partial charge in [0.05, 0.1) is 26.1 Å². The maximum Gasteiger partial charge on any atom is 0.327 e. The predicted molar refractivity (Wildman–Crippen MR) is 152 cm³/mol. The number of hydrogen-bond donors (Lipinski definition) is 5. The van der Waals surface area contributed by atoms with E-state index in [9.17, 15) is 29.2 Å². The largest absolute Gasteiger partial charge is 0.479 e. The van der Waals surface area contributed by atoms with Crippen molar-refractivity contribution < 1.29 is 47.9 Å². The molecule has 2 fully saturated rings. The second-order valence-corrected chi connectivity index (χ2v) is 14.8. The Bertz CT molecular complexity index is 1440. The number of esters is 1. The third-order valence-corrected chi connectivity index (χ3v) is 10.8.